The Morgan fingerprint density at radius 1 is 1.00 bits per heavy atom. The van der Waals surface area contributed by atoms with Gasteiger partial charge in [0.25, 0.3) is 0 Å². The molecule has 0 amide bonds. The minimum atomic E-state index is 0. The van der Waals surface area contributed by atoms with Crippen LogP contribution in [0.2, 0.25) is 0 Å². The Balaban J connectivity index is 0. The zero-order valence-corrected chi connectivity index (χ0v) is 10.9. The molecule has 4 heteroatoms. The van der Waals surface area contributed by atoms with E-state index >= 15 is 0 Å². The quantitative estimate of drug-likeness (QED) is 0.502. The monoisotopic (exact) mass is 291 g/mol. The van der Waals surface area contributed by atoms with Crippen molar-refractivity contribution in [2.24, 2.45) is 0 Å². The van der Waals surface area contributed by atoms with E-state index in [0.29, 0.717) is 0 Å². The van der Waals surface area contributed by atoms with Gasteiger partial charge in [0.05, 0.1) is 0 Å². The molecular formula is H2OSnYZn. The molecule has 1 nitrogen and oxygen atoms in total. The van der Waals surface area contributed by atoms with Crippen molar-refractivity contribution in [1.82, 2.24) is 0 Å². The Bertz CT molecular complexity index is 8.00. The molecule has 0 aromatic carbocycles. The summed E-state index contributed by atoms with van der Waals surface area (Å²) in [5, 5.41) is 0. The second-order valence-corrected chi connectivity index (χ2v) is 0. The fourth-order valence-corrected chi connectivity index (χ4v) is 0. The molecule has 0 unspecified atom stereocenters. The third-order valence-electron chi connectivity index (χ3n) is 0. The minimum absolute atomic E-state index is 0. The standard InChI is InChI=1S/H2O.Sn.Y.Zn/h1H2;;;. The van der Waals surface area contributed by atoms with E-state index in [4.69, 9.17) is 0 Å². The maximum Gasteiger partial charge on any atom is 0 e. The van der Waals surface area contributed by atoms with E-state index in [0.717, 1.165) is 0 Å². The first-order valence-corrected chi connectivity index (χ1v) is 0. The molecule has 0 aliphatic carbocycles. The van der Waals surface area contributed by atoms with Crippen molar-refractivity contribution in [3.63, 3.8) is 0 Å². The molecule has 0 aromatic heterocycles. The van der Waals surface area contributed by atoms with Crippen LogP contribution < -0.4 is 0 Å². The Labute approximate surface area is 80.2 Å². The van der Waals surface area contributed by atoms with Gasteiger partial charge in [0, 0.05) is 76.1 Å². The van der Waals surface area contributed by atoms with Crippen LogP contribution in [0.5, 0.6) is 0 Å². The zero-order valence-electron chi connectivity index (χ0n) is 2.28. The van der Waals surface area contributed by atoms with E-state index < -0.39 is 0 Å². The second kappa shape index (κ2) is 17.9. The van der Waals surface area contributed by atoms with Gasteiger partial charge >= 0.3 is 0 Å². The predicted molar refractivity (Wildman–Crippen MR) is 9.37 cm³/mol. The topological polar surface area (TPSA) is 31.5 Å². The molecule has 0 heterocycles. The molecule has 0 aliphatic rings. The first-order chi connectivity index (χ1) is 0. The normalized spacial score (nSPS) is 0. The van der Waals surface area contributed by atoms with Gasteiger partial charge in [0.1, 0.15) is 0 Å². The van der Waals surface area contributed by atoms with Crippen LogP contribution in [-0.2, 0) is 52.2 Å². The summed E-state index contributed by atoms with van der Waals surface area (Å²) >= 11 is 0. The number of rotatable bonds is 0. The van der Waals surface area contributed by atoms with Gasteiger partial charge in [-0.1, -0.05) is 0 Å². The first kappa shape index (κ1) is 31.6. The van der Waals surface area contributed by atoms with Crippen LogP contribution in [0.4, 0.5) is 0 Å². The summed E-state index contributed by atoms with van der Waals surface area (Å²) in [4.78, 5) is 0. The molecule has 0 atom stereocenters. The van der Waals surface area contributed by atoms with Crippen LogP contribution in [0.1, 0.15) is 0 Å². The van der Waals surface area contributed by atoms with Crippen molar-refractivity contribution < 1.29 is 57.7 Å². The van der Waals surface area contributed by atoms with Crippen LogP contribution in [0.3, 0.4) is 0 Å². The van der Waals surface area contributed by atoms with Gasteiger partial charge in [-0.2, -0.15) is 0 Å². The van der Waals surface area contributed by atoms with Crippen LogP contribution >= 0.6 is 0 Å². The molecule has 2 N–H and O–H groups in total. The molecule has 0 aromatic rings. The summed E-state index contributed by atoms with van der Waals surface area (Å²) in [6.45, 7) is 0. The van der Waals surface area contributed by atoms with Crippen LogP contribution in [-0.4, -0.2) is 29.4 Å². The van der Waals surface area contributed by atoms with Gasteiger partial charge in [-0.05, 0) is 0 Å². The van der Waals surface area contributed by atoms with Crippen molar-refractivity contribution in [3.8, 4) is 0 Å². The average molecular weight is 291 g/mol. The molecule has 4 heavy (non-hydrogen) atoms. The summed E-state index contributed by atoms with van der Waals surface area (Å²) in [7, 11) is 0. The average Bonchev–Trinajstić information content (AvgIpc) is 0. The zero-order chi connectivity index (χ0) is 0. The summed E-state index contributed by atoms with van der Waals surface area (Å²) < 4.78 is 0. The largest absolute Gasteiger partial charge is 0.412 e. The molecule has 0 saturated heterocycles. The van der Waals surface area contributed by atoms with Crippen LogP contribution in [0.15, 0.2) is 0 Å². The number of hydrogen-bond acceptors (Lipinski definition) is 0. The van der Waals surface area contributed by atoms with Crippen LogP contribution in [0.25, 0.3) is 0 Å². The summed E-state index contributed by atoms with van der Waals surface area (Å²) in [5.41, 5.74) is 0. The Kier molecular flexibility index (Phi) is 141. The Hall–Kier alpha value is 2.49. The third-order valence-corrected chi connectivity index (χ3v) is 0. The van der Waals surface area contributed by atoms with Crippen LogP contribution in [0, 0.1) is 0 Å². The van der Waals surface area contributed by atoms with Crippen molar-refractivity contribution in [3.05, 3.63) is 0 Å². The molecule has 0 bridgehead atoms. The van der Waals surface area contributed by atoms with Gasteiger partial charge in [0.2, 0.25) is 0 Å². The summed E-state index contributed by atoms with van der Waals surface area (Å²) in [6.07, 6.45) is 0. The molecule has 17 valence electrons. The molecule has 0 rings (SSSR count). The summed E-state index contributed by atoms with van der Waals surface area (Å²) in [6, 6.07) is 0. The molecule has 0 fully saturated rings. The van der Waals surface area contributed by atoms with E-state index in [1.165, 1.54) is 0 Å². The van der Waals surface area contributed by atoms with Crippen molar-refractivity contribution in [2.75, 3.05) is 0 Å². The van der Waals surface area contributed by atoms with E-state index in [1.807, 2.05) is 0 Å². The van der Waals surface area contributed by atoms with E-state index in [2.05, 4.69) is 0 Å². The Morgan fingerprint density at radius 3 is 1.00 bits per heavy atom. The molecule has 0 saturated carbocycles. The molecule has 5 radical (unpaired) electrons. The fourth-order valence-electron chi connectivity index (χ4n) is 0. The van der Waals surface area contributed by atoms with Gasteiger partial charge in [-0.3, -0.25) is 0 Å². The van der Waals surface area contributed by atoms with Crippen molar-refractivity contribution in [1.29, 1.82) is 0 Å². The molecular weight excluding hydrogens is 289 g/mol. The number of hydrogen-bond donors (Lipinski definition) is 0. The van der Waals surface area contributed by atoms with Gasteiger partial charge in [0.15, 0.2) is 0 Å². The van der Waals surface area contributed by atoms with E-state index in [-0.39, 0.29) is 81.6 Å². The summed E-state index contributed by atoms with van der Waals surface area (Å²) in [5.74, 6) is 0. The maximum atomic E-state index is 0. The predicted octanol–water partition coefficient (Wildman–Crippen LogP) is -1.21. The van der Waals surface area contributed by atoms with Gasteiger partial charge < -0.3 is 5.48 Å². The Morgan fingerprint density at radius 2 is 1.00 bits per heavy atom. The molecule has 0 spiro atoms. The maximum absolute atomic E-state index is 0. The third kappa shape index (κ3) is 8.82. The smallest absolute Gasteiger partial charge is 0 e. The molecule has 0 aliphatic heterocycles. The van der Waals surface area contributed by atoms with Crippen molar-refractivity contribution >= 4 is 23.9 Å². The van der Waals surface area contributed by atoms with Gasteiger partial charge in [-0.25, -0.2) is 0 Å². The minimum Gasteiger partial charge on any atom is -0.412 e. The van der Waals surface area contributed by atoms with Gasteiger partial charge in [-0.15, -0.1) is 0 Å². The van der Waals surface area contributed by atoms with E-state index in [1.54, 1.807) is 0 Å². The second-order valence-electron chi connectivity index (χ2n) is 0. The first-order valence-electron chi connectivity index (χ1n) is 0. The fraction of sp³-hybridized carbons (Fsp3) is 0. The van der Waals surface area contributed by atoms with Crippen molar-refractivity contribution in [2.45, 2.75) is 0 Å². The SMILES string of the molecule is O.[Sn].[Y].[Zn]. The van der Waals surface area contributed by atoms with E-state index in [9.17, 15) is 0 Å².